The molecule has 0 unspecified atom stereocenters. The van der Waals surface area contributed by atoms with Crippen molar-refractivity contribution in [2.24, 2.45) is 0 Å². The van der Waals surface area contributed by atoms with E-state index in [9.17, 15) is 13.2 Å². The summed E-state index contributed by atoms with van der Waals surface area (Å²) in [4.78, 5) is 15.9. The van der Waals surface area contributed by atoms with E-state index in [1.165, 1.54) is 22.0 Å². The third-order valence-corrected chi connectivity index (χ3v) is 8.04. The van der Waals surface area contributed by atoms with Gasteiger partial charge in [-0.25, -0.2) is 8.42 Å². The average Bonchev–Trinajstić information content (AvgIpc) is 3.26. The van der Waals surface area contributed by atoms with Crippen LogP contribution in [0.15, 0.2) is 58.2 Å². The summed E-state index contributed by atoms with van der Waals surface area (Å²) < 4.78 is 28.5. The molecule has 1 heterocycles. The van der Waals surface area contributed by atoms with Gasteiger partial charge in [-0.05, 0) is 72.7 Å². The second-order valence-corrected chi connectivity index (χ2v) is 10.2. The number of aryl methyl sites for hydroxylation is 1. The lowest BCUT2D eigenvalue weighted by Crippen LogP contribution is -2.39. The molecule has 0 aliphatic heterocycles. The van der Waals surface area contributed by atoms with E-state index in [-0.39, 0.29) is 23.0 Å². The molecule has 4 rings (SSSR count). The molecular formula is C23H25ClN2O3S. The summed E-state index contributed by atoms with van der Waals surface area (Å²) in [5.74, 6) is 0. The number of benzene rings is 2. The van der Waals surface area contributed by atoms with Crippen molar-refractivity contribution in [3.63, 3.8) is 0 Å². The van der Waals surface area contributed by atoms with Crippen molar-refractivity contribution in [3.05, 3.63) is 75.0 Å². The molecule has 158 valence electrons. The molecule has 0 bridgehead atoms. The highest BCUT2D eigenvalue weighted by Crippen LogP contribution is 2.30. The largest absolute Gasteiger partial charge is 0.322 e. The number of pyridine rings is 1. The Labute approximate surface area is 181 Å². The molecule has 0 spiro atoms. The van der Waals surface area contributed by atoms with Crippen molar-refractivity contribution in [3.8, 4) is 0 Å². The van der Waals surface area contributed by atoms with Crippen LogP contribution in [0.25, 0.3) is 10.9 Å². The van der Waals surface area contributed by atoms with Gasteiger partial charge >= 0.3 is 0 Å². The van der Waals surface area contributed by atoms with Crippen LogP contribution in [0.2, 0.25) is 5.02 Å². The lowest BCUT2D eigenvalue weighted by molar-refractivity contribution is 0.315. The fourth-order valence-corrected chi connectivity index (χ4v) is 5.94. The minimum absolute atomic E-state index is 0.0528. The molecule has 1 saturated carbocycles. The lowest BCUT2D eigenvalue weighted by atomic mass is 10.1. The molecule has 1 fully saturated rings. The van der Waals surface area contributed by atoms with Crippen molar-refractivity contribution in [1.29, 1.82) is 0 Å². The van der Waals surface area contributed by atoms with Gasteiger partial charge in [0.15, 0.2) is 0 Å². The minimum Gasteiger partial charge on any atom is -0.322 e. The summed E-state index contributed by atoms with van der Waals surface area (Å²) in [5, 5.41) is 1.40. The highest BCUT2D eigenvalue weighted by molar-refractivity contribution is 7.89. The summed E-state index contributed by atoms with van der Waals surface area (Å²) >= 11 is 5.95. The van der Waals surface area contributed by atoms with Crippen molar-refractivity contribution in [2.45, 2.75) is 56.5 Å². The van der Waals surface area contributed by atoms with Crippen LogP contribution in [0, 0.1) is 0 Å². The molecule has 0 atom stereocenters. The number of H-pyrrole nitrogens is 1. The maximum atomic E-state index is 13.5. The van der Waals surface area contributed by atoms with Gasteiger partial charge in [0.05, 0.1) is 4.90 Å². The standard InChI is InChI=1S/C23H25ClN2O3S/c1-2-16-7-12-22-17(13-16)14-18(23(27)25-22)15-26(20-5-3-4-6-20)30(28,29)21-10-8-19(24)9-11-21/h7-14,20H,2-6,15H2,1H3,(H,25,27). The van der Waals surface area contributed by atoms with Crippen molar-refractivity contribution in [1.82, 2.24) is 9.29 Å². The molecule has 1 aromatic heterocycles. The van der Waals surface area contributed by atoms with Crippen LogP contribution in [0.3, 0.4) is 0 Å². The number of hydrogen-bond acceptors (Lipinski definition) is 3. The van der Waals surface area contributed by atoms with Crippen LogP contribution in [0.1, 0.15) is 43.7 Å². The zero-order valence-corrected chi connectivity index (χ0v) is 18.5. The van der Waals surface area contributed by atoms with Gasteiger partial charge in [-0.1, -0.05) is 37.4 Å². The van der Waals surface area contributed by atoms with Gasteiger partial charge in [0.25, 0.3) is 5.56 Å². The quantitative estimate of drug-likeness (QED) is 0.589. The number of aromatic nitrogens is 1. The Morgan fingerprint density at radius 2 is 1.77 bits per heavy atom. The highest BCUT2D eigenvalue weighted by atomic mass is 35.5. The number of hydrogen-bond donors (Lipinski definition) is 1. The van der Waals surface area contributed by atoms with Gasteiger partial charge in [-0.3, -0.25) is 4.79 Å². The average molecular weight is 445 g/mol. The molecule has 1 aliphatic rings. The van der Waals surface area contributed by atoms with Crippen LogP contribution < -0.4 is 5.56 Å². The first-order valence-electron chi connectivity index (χ1n) is 10.3. The van der Waals surface area contributed by atoms with Crippen LogP contribution in [0.5, 0.6) is 0 Å². The molecule has 30 heavy (non-hydrogen) atoms. The fourth-order valence-electron chi connectivity index (χ4n) is 4.15. The molecule has 2 aromatic carbocycles. The van der Waals surface area contributed by atoms with E-state index in [1.54, 1.807) is 12.1 Å². The van der Waals surface area contributed by atoms with Gasteiger partial charge in [-0.15, -0.1) is 0 Å². The van der Waals surface area contributed by atoms with E-state index in [0.29, 0.717) is 10.6 Å². The van der Waals surface area contributed by atoms with E-state index in [4.69, 9.17) is 11.6 Å². The van der Waals surface area contributed by atoms with E-state index >= 15 is 0 Å². The number of halogens is 1. The first-order valence-corrected chi connectivity index (χ1v) is 12.1. The smallest absolute Gasteiger partial charge is 0.252 e. The van der Waals surface area contributed by atoms with E-state index in [0.717, 1.165) is 43.0 Å². The first kappa shape index (κ1) is 21.1. The number of nitrogens with one attached hydrogen (secondary N) is 1. The van der Waals surface area contributed by atoms with Gasteiger partial charge < -0.3 is 4.98 Å². The fraction of sp³-hybridized carbons (Fsp3) is 0.348. The summed E-state index contributed by atoms with van der Waals surface area (Å²) in [7, 11) is -3.76. The third-order valence-electron chi connectivity index (χ3n) is 5.87. The van der Waals surface area contributed by atoms with E-state index < -0.39 is 10.0 Å². The molecule has 3 aromatic rings. The molecule has 1 aliphatic carbocycles. The normalized spacial score (nSPS) is 15.3. The molecule has 5 nitrogen and oxygen atoms in total. The molecule has 0 amide bonds. The molecule has 0 radical (unpaired) electrons. The Kier molecular flexibility index (Phi) is 6.00. The maximum Gasteiger partial charge on any atom is 0.252 e. The third kappa shape index (κ3) is 4.17. The van der Waals surface area contributed by atoms with Crippen LogP contribution >= 0.6 is 11.6 Å². The van der Waals surface area contributed by atoms with E-state index in [2.05, 4.69) is 11.9 Å². The van der Waals surface area contributed by atoms with Gasteiger partial charge in [0.2, 0.25) is 10.0 Å². The van der Waals surface area contributed by atoms with E-state index in [1.807, 2.05) is 24.3 Å². The zero-order chi connectivity index (χ0) is 21.3. The first-order chi connectivity index (χ1) is 14.4. The number of sulfonamides is 1. The van der Waals surface area contributed by atoms with Crippen molar-refractivity contribution >= 4 is 32.5 Å². The molecule has 0 saturated heterocycles. The Morgan fingerprint density at radius 3 is 2.43 bits per heavy atom. The Hall–Kier alpha value is -2.15. The number of rotatable bonds is 6. The second-order valence-electron chi connectivity index (χ2n) is 7.84. The summed E-state index contributed by atoms with van der Waals surface area (Å²) in [6.45, 7) is 2.13. The minimum atomic E-state index is -3.76. The Bertz CT molecular complexity index is 1210. The predicted molar refractivity (Wildman–Crippen MR) is 120 cm³/mol. The predicted octanol–water partition coefficient (Wildman–Crippen LogP) is 4.88. The Balaban J connectivity index is 1.76. The van der Waals surface area contributed by atoms with Crippen LogP contribution in [-0.2, 0) is 23.0 Å². The summed E-state index contributed by atoms with van der Waals surface area (Å²) in [6, 6.07) is 13.9. The van der Waals surface area contributed by atoms with Gasteiger partial charge in [0.1, 0.15) is 0 Å². The number of aromatic amines is 1. The second kappa shape index (κ2) is 8.53. The topological polar surface area (TPSA) is 70.2 Å². The molecular weight excluding hydrogens is 420 g/mol. The van der Waals surface area contributed by atoms with Crippen molar-refractivity contribution < 1.29 is 8.42 Å². The SMILES string of the molecule is CCc1ccc2[nH]c(=O)c(CN(C3CCCC3)S(=O)(=O)c3ccc(Cl)cc3)cc2c1. The van der Waals surface area contributed by atoms with Crippen LogP contribution in [0.4, 0.5) is 0 Å². The summed E-state index contributed by atoms with van der Waals surface area (Å²) in [5.41, 5.74) is 2.14. The number of nitrogens with zero attached hydrogens (tertiary/aromatic N) is 1. The molecule has 1 N–H and O–H groups in total. The monoisotopic (exact) mass is 444 g/mol. The molecule has 7 heteroatoms. The summed E-state index contributed by atoms with van der Waals surface area (Å²) in [6.07, 6.45) is 4.48. The van der Waals surface area contributed by atoms with Crippen LogP contribution in [-0.4, -0.2) is 23.7 Å². The van der Waals surface area contributed by atoms with Crippen molar-refractivity contribution in [2.75, 3.05) is 0 Å². The van der Waals surface area contributed by atoms with Gasteiger partial charge in [-0.2, -0.15) is 4.31 Å². The lowest BCUT2D eigenvalue weighted by Gasteiger charge is -2.28. The Morgan fingerprint density at radius 1 is 1.07 bits per heavy atom. The maximum absolute atomic E-state index is 13.5. The van der Waals surface area contributed by atoms with Gasteiger partial charge in [0, 0.05) is 28.7 Å². The highest BCUT2D eigenvalue weighted by Gasteiger charge is 2.34. The number of fused-ring (bicyclic) bond motifs is 1. The zero-order valence-electron chi connectivity index (χ0n) is 16.9.